The van der Waals surface area contributed by atoms with Gasteiger partial charge in [0.2, 0.25) is 0 Å². The second kappa shape index (κ2) is 7.92. The quantitative estimate of drug-likeness (QED) is 0.625. The molecule has 1 aromatic heterocycles. The molecule has 0 atom stereocenters. The van der Waals surface area contributed by atoms with E-state index in [1.54, 1.807) is 13.8 Å². The highest BCUT2D eigenvalue weighted by Crippen LogP contribution is 2.38. The predicted molar refractivity (Wildman–Crippen MR) is 108 cm³/mol. The average Bonchev–Trinajstić information content (AvgIpc) is 2.98. The first kappa shape index (κ1) is 20.9. The average molecular weight is 440 g/mol. The van der Waals surface area contributed by atoms with Gasteiger partial charge in [-0.25, -0.2) is 17.5 Å². The molecule has 7 nitrogen and oxygen atoms in total. The molecule has 3 aromatic rings. The first-order chi connectivity index (χ1) is 13.7. The van der Waals surface area contributed by atoms with Crippen LogP contribution in [0.3, 0.4) is 0 Å². The van der Waals surface area contributed by atoms with Gasteiger partial charge in [0.05, 0.1) is 36.3 Å². The van der Waals surface area contributed by atoms with E-state index in [1.165, 1.54) is 55.3 Å². The third-order valence-corrected chi connectivity index (χ3v) is 6.18. The van der Waals surface area contributed by atoms with Crippen molar-refractivity contribution < 1.29 is 22.3 Å². The molecule has 0 bridgehead atoms. The Morgan fingerprint density at radius 2 is 1.76 bits per heavy atom. The lowest BCUT2D eigenvalue weighted by Gasteiger charge is -2.15. The van der Waals surface area contributed by atoms with Crippen LogP contribution in [-0.4, -0.2) is 32.4 Å². The van der Waals surface area contributed by atoms with Crippen LogP contribution in [0.4, 0.5) is 10.1 Å². The molecule has 0 aliphatic carbocycles. The molecule has 0 saturated carbocycles. The van der Waals surface area contributed by atoms with E-state index >= 15 is 0 Å². The maximum atomic E-state index is 13.2. The summed E-state index contributed by atoms with van der Waals surface area (Å²) in [6.07, 6.45) is 0. The molecule has 154 valence electrons. The van der Waals surface area contributed by atoms with Crippen molar-refractivity contribution in [3.63, 3.8) is 0 Å². The van der Waals surface area contributed by atoms with Gasteiger partial charge in [-0.15, -0.1) is 0 Å². The zero-order valence-electron chi connectivity index (χ0n) is 16.2. The fourth-order valence-electron chi connectivity index (χ4n) is 2.97. The number of anilines is 1. The van der Waals surface area contributed by atoms with Gasteiger partial charge in [-0.2, -0.15) is 5.10 Å². The largest absolute Gasteiger partial charge is 0.497 e. The van der Waals surface area contributed by atoms with Gasteiger partial charge in [-0.1, -0.05) is 11.6 Å². The van der Waals surface area contributed by atoms with Crippen LogP contribution in [0.5, 0.6) is 11.5 Å². The van der Waals surface area contributed by atoms with Gasteiger partial charge in [0, 0.05) is 12.1 Å². The van der Waals surface area contributed by atoms with Crippen LogP contribution in [0, 0.1) is 19.7 Å². The van der Waals surface area contributed by atoms with Crippen molar-refractivity contribution in [3.05, 3.63) is 58.6 Å². The van der Waals surface area contributed by atoms with Crippen molar-refractivity contribution in [3.8, 4) is 17.2 Å². The molecule has 1 N–H and O–H groups in total. The minimum Gasteiger partial charge on any atom is -0.497 e. The highest BCUT2D eigenvalue weighted by atomic mass is 35.5. The topological polar surface area (TPSA) is 82.5 Å². The molecular formula is C19H19ClFN3O4S. The van der Waals surface area contributed by atoms with E-state index in [0.29, 0.717) is 17.1 Å². The number of benzene rings is 2. The number of hydrogen-bond donors (Lipinski definition) is 1. The lowest BCUT2D eigenvalue weighted by Crippen LogP contribution is -2.16. The maximum Gasteiger partial charge on any atom is 0.265 e. The highest BCUT2D eigenvalue weighted by Gasteiger charge is 2.27. The van der Waals surface area contributed by atoms with Crippen LogP contribution < -0.4 is 14.2 Å². The van der Waals surface area contributed by atoms with Crippen molar-refractivity contribution in [1.29, 1.82) is 0 Å². The van der Waals surface area contributed by atoms with Gasteiger partial charge < -0.3 is 9.47 Å². The van der Waals surface area contributed by atoms with E-state index in [4.69, 9.17) is 21.1 Å². The van der Waals surface area contributed by atoms with Crippen LogP contribution >= 0.6 is 11.6 Å². The second-order valence-corrected chi connectivity index (χ2v) is 8.21. The van der Waals surface area contributed by atoms with Crippen molar-refractivity contribution >= 4 is 27.3 Å². The van der Waals surface area contributed by atoms with Gasteiger partial charge in [0.15, 0.2) is 0 Å². The summed E-state index contributed by atoms with van der Waals surface area (Å²) >= 11 is 6.24. The summed E-state index contributed by atoms with van der Waals surface area (Å²) in [6.45, 7) is 3.19. The number of sulfonamides is 1. The monoisotopic (exact) mass is 439 g/mol. The number of aryl methyl sites for hydroxylation is 1. The molecule has 0 unspecified atom stereocenters. The van der Waals surface area contributed by atoms with Crippen LogP contribution in [0.1, 0.15) is 11.4 Å². The molecule has 0 spiro atoms. The van der Waals surface area contributed by atoms with E-state index in [2.05, 4.69) is 9.82 Å². The number of methoxy groups -OCH3 is 2. The summed E-state index contributed by atoms with van der Waals surface area (Å²) in [5.41, 5.74) is 1.27. The first-order valence-corrected chi connectivity index (χ1v) is 10.3. The molecule has 0 saturated heterocycles. The minimum absolute atomic E-state index is 0.00392. The molecule has 0 radical (unpaired) electrons. The van der Waals surface area contributed by atoms with E-state index < -0.39 is 15.8 Å². The molecular weight excluding hydrogens is 421 g/mol. The third-order valence-electron chi connectivity index (χ3n) is 4.28. The van der Waals surface area contributed by atoms with Crippen molar-refractivity contribution in [2.45, 2.75) is 18.7 Å². The van der Waals surface area contributed by atoms with Gasteiger partial charge in [0.1, 0.15) is 27.9 Å². The molecule has 3 rings (SSSR count). The van der Waals surface area contributed by atoms with Gasteiger partial charge in [-0.05, 0) is 38.1 Å². The summed E-state index contributed by atoms with van der Waals surface area (Å²) in [5, 5.41) is 4.42. The lowest BCUT2D eigenvalue weighted by molar-refractivity contribution is 0.395. The number of nitrogens with one attached hydrogen (secondary N) is 1. The number of aromatic nitrogens is 2. The summed E-state index contributed by atoms with van der Waals surface area (Å²) in [7, 11) is -1.20. The Balaban J connectivity index is 2.07. The lowest BCUT2D eigenvalue weighted by atomic mass is 10.3. The van der Waals surface area contributed by atoms with Gasteiger partial charge >= 0.3 is 0 Å². The number of hydrogen-bond acceptors (Lipinski definition) is 5. The highest BCUT2D eigenvalue weighted by molar-refractivity contribution is 7.92. The van der Waals surface area contributed by atoms with Crippen molar-refractivity contribution in [2.24, 2.45) is 0 Å². The number of ether oxygens (including phenoxy) is 2. The Kier molecular flexibility index (Phi) is 5.72. The number of rotatable bonds is 6. The Bertz CT molecular complexity index is 1160. The van der Waals surface area contributed by atoms with Crippen LogP contribution in [0.2, 0.25) is 5.02 Å². The van der Waals surface area contributed by atoms with Crippen molar-refractivity contribution in [2.75, 3.05) is 18.9 Å². The van der Waals surface area contributed by atoms with E-state index in [9.17, 15) is 12.8 Å². The van der Waals surface area contributed by atoms with E-state index in [0.717, 1.165) is 0 Å². The molecule has 0 aliphatic heterocycles. The molecule has 0 aliphatic rings. The molecule has 10 heteroatoms. The Labute approximate surface area is 173 Å². The van der Waals surface area contributed by atoms with Gasteiger partial charge in [0.25, 0.3) is 10.0 Å². The molecule has 0 fully saturated rings. The molecule has 0 amide bonds. The summed E-state index contributed by atoms with van der Waals surface area (Å²) in [6, 6.07) is 8.58. The van der Waals surface area contributed by atoms with Gasteiger partial charge in [-0.3, -0.25) is 4.72 Å². The fraction of sp³-hybridized carbons (Fsp3) is 0.211. The van der Waals surface area contributed by atoms with Crippen LogP contribution in [0.25, 0.3) is 5.69 Å². The molecule has 2 aromatic carbocycles. The van der Waals surface area contributed by atoms with E-state index in [1.807, 2.05) is 0 Å². The Hall–Kier alpha value is -2.78. The normalized spacial score (nSPS) is 11.4. The first-order valence-electron chi connectivity index (χ1n) is 8.44. The number of halogens is 2. The Morgan fingerprint density at radius 3 is 2.34 bits per heavy atom. The van der Waals surface area contributed by atoms with Crippen molar-refractivity contribution in [1.82, 2.24) is 9.78 Å². The smallest absolute Gasteiger partial charge is 0.265 e. The second-order valence-electron chi connectivity index (χ2n) is 6.18. The fourth-order valence-corrected chi connectivity index (χ4v) is 4.76. The van der Waals surface area contributed by atoms with Crippen LogP contribution in [-0.2, 0) is 10.0 Å². The molecule has 29 heavy (non-hydrogen) atoms. The summed E-state index contributed by atoms with van der Waals surface area (Å²) in [5.74, 6) is 0.233. The summed E-state index contributed by atoms with van der Waals surface area (Å²) < 4.78 is 53.8. The predicted octanol–water partition coefficient (Wildman–Crippen LogP) is 4.10. The van der Waals surface area contributed by atoms with Crippen LogP contribution in [0.15, 0.2) is 41.3 Å². The SMILES string of the molecule is COc1cc(Cl)c(NS(=O)(=O)c2c(C)nn(-c3ccc(F)cc3)c2C)c(OC)c1. The Morgan fingerprint density at radius 1 is 1.10 bits per heavy atom. The summed E-state index contributed by atoms with van der Waals surface area (Å²) in [4.78, 5) is -0.00392. The zero-order chi connectivity index (χ0) is 21.3. The standard InChI is InChI=1S/C19H19ClFN3O4S/c1-11-19(12(2)24(22-11)14-7-5-13(21)6-8-14)29(25,26)23-18-16(20)9-15(27-3)10-17(18)28-4/h5-10,23H,1-4H3. The third kappa shape index (κ3) is 4.01. The zero-order valence-corrected chi connectivity index (χ0v) is 17.7. The number of nitrogens with zero attached hydrogens (tertiary/aromatic N) is 2. The minimum atomic E-state index is -4.06. The van der Waals surface area contributed by atoms with E-state index in [-0.39, 0.29) is 27.0 Å². The molecule has 1 heterocycles. The maximum absolute atomic E-state index is 13.2.